The van der Waals surface area contributed by atoms with Crippen LogP contribution in [0.15, 0.2) is 24.3 Å². The van der Waals surface area contributed by atoms with Crippen molar-refractivity contribution in [1.29, 1.82) is 0 Å². The fraction of sp³-hybridized carbons (Fsp3) is 0.450. The molecule has 1 saturated carbocycles. The van der Waals surface area contributed by atoms with Crippen molar-refractivity contribution in [2.75, 3.05) is 6.61 Å². The third kappa shape index (κ3) is 2.50. The number of ether oxygens (including phenoxy) is 1. The Morgan fingerprint density at radius 3 is 2.75 bits per heavy atom. The van der Waals surface area contributed by atoms with Crippen molar-refractivity contribution in [3.05, 3.63) is 52.3 Å². The van der Waals surface area contributed by atoms with E-state index in [2.05, 4.69) is 29.8 Å². The van der Waals surface area contributed by atoms with Gasteiger partial charge in [-0.25, -0.2) is 0 Å². The maximum atomic E-state index is 12.9. The van der Waals surface area contributed by atoms with Crippen LogP contribution in [-0.2, 0) is 0 Å². The minimum absolute atomic E-state index is 0.0186. The molecular formula is C20H24N2O2. The van der Waals surface area contributed by atoms with Crippen LogP contribution in [0.4, 0.5) is 0 Å². The topological polar surface area (TPSA) is 43.3 Å². The van der Waals surface area contributed by atoms with Gasteiger partial charge in [-0.05, 0) is 45.2 Å². The molecule has 0 radical (unpaired) electrons. The number of para-hydroxylation sites is 1. The third-order valence-electron chi connectivity index (χ3n) is 5.22. The zero-order chi connectivity index (χ0) is 16.8. The maximum absolute atomic E-state index is 12.9. The smallest absolute Gasteiger partial charge is 0.253 e. The summed E-state index contributed by atoms with van der Waals surface area (Å²) in [5.74, 6) is 0.951. The average molecular weight is 324 g/mol. The molecule has 0 spiro atoms. The molecule has 1 aliphatic heterocycles. The van der Waals surface area contributed by atoms with Crippen LogP contribution in [0.25, 0.3) is 0 Å². The van der Waals surface area contributed by atoms with E-state index in [-0.39, 0.29) is 11.9 Å². The lowest BCUT2D eigenvalue weighted by Gasteiger charge is -2.27. The van der Waals surface area contributed by atoms with Crippen LogP contribution >= 0.6 is 0 Å². The summed E-state index contributed by atoms with van der Waals surface area (Å²) in [7, 11) is 0. The number of aryl methyl sites for hydroxylation is 2. The Balaban J connectivity index is 1.60. The molecule has 1 aliphatic carbocycles. The SMILES string of the molecule is Cc1cccc2c1OCC[C@H]2NC(=O)c1cc(C)n(C2CC2)c1C. The molecule has 1 atom stereocenters. The van der Waals surface area contributed by atoms with Gasteiger partial charge in [0.15, 0.2) is 0 Å². The molecule has 4 heteroatoms. The maximum Gasteiger partial charge on any atom is 0.253 e. The first-order valence-electron chi connectivity index (χ1n) is 8.78. The number of nitrogens with one attached hydrogen (secondary N) is 1. The largest absolute Gasteiger partial charge is 0.493 e. The minimum atomic E-state index is 0.0186. The van der Waals surface area contributed by atoms with Crippen molar-refractivity contribution in [2.24, 2.45) is 0 Å². The normalized spacial score (nSPS) is 19.5. The third-order valence-corrected chi connectivity index (χ3v) is 5.22. The van der Waals surface area contributed by atoms with E-state index in [4.69, 9.17) is 4.74 Å². The molecule has 1 aromatic carbocycles. The number of amides is 1. The van der Waals surface area contributed by atoms with Crippen LogP contribution in [0.2, 0.25) is 0 Å². The number of fused-ring (bicyclic) bond motifs is 1. The number of rotatable bonds is 3. The summed E-state index contributed by atoms with van der Waals surface area (Å²) < 4.78 is 8.12. The molecule has 2 heterocycles. The Bertz CT molecular complexity index is 802. The molecule has 2 aliphatic rings. The second-order valence-corrected chi connectivity index (χ2v) is 7.04. The fourth-order valence-electron chi connectivity index (χ4n) is 3.87. The summed E-state index contributed by atoms with van der Waals surface area (Å²) in [5, 5.41) is 3.23. The molecule has 1 amide bonds. The highest BCUT2D eigenvalue weighted by atomic mass is 16.5. The number of hydrogen-bond donors (Lipinski definition) is 1. The van der Waals surface area contributed by atoms with Crippen molar-refractivity contribution >= 4 is 5.91 Å². The quantitative estimate of drug-likeness (QED) is 0.927. The van der Waals surface area contributed by atoms with Gasteiger partial charge in [-0.2, -0.15) is 0 Å². The molecule has 4 rings (SSSR count). The lowest BCUT2D eigenvalue weighted by atomic mass is 9.97. The van der Waals surface area contributed by atoms with Gasteiger partial charge in [0.25, 0.3) is 5.91 Å². The highest BCUT2D eigenvalue weighted by Gasteiger charge is 2.30. The second kappa shape index (κ2) is 5.69. The first kappa shape index (κ1) is 15.3. The molecule has 1 N–H and O–H groups in total. The van der Waals surface area contributed by atoms with E-state index in [0.29, 0.717) is 12.6 Å². The minimum Gasteiger partial charge on any atom is -0.493 e. The van der Waals surface area contributed by atoms with E-state index in [1.165, 1.54) is 18.5 Å². The highest BCUT2D eigenvalue weighted by molar-refractivity contribution is 5.96. The predicted octanol–water partition coefficient (Wildman–Crippen LogP) is 4.00. The van der Waals surface area contributed by atoms with Crippen molar-refractivity contribution in [2.45, 2.75) is 52.1 Å². The standard InChI is InChI=1S/C20H24N2O2/c1-12-5-4-6-16-18(9-10-24-19(12)16)21-20(23)17-11-13(2)22(14(17)3)15-7-8-15/h4-6,11,15,18H,7-10H2,1-3H3,(H,21,23)/t18-/m1/s1. The Labute approximate surface area is 142 Å². The van der Waals surface area contributed by atoms with E-state index in [9.17, 15) is 4.79 Å². The van der Waals surface area contributed by atoms with Crippen molar-refractivity contribution in [3.8, 4) is 5.75 Å². The Kier molecular flexibility index (Phi) is 3.63. The summed E-state index contributed by atoms with van der Waals surface area (Å²) in [6.45, 7) is 6.84. The summed E-state index contributed by atoms with van der Waals surface area (Å²) in [6, 6.07) is 8.77. The predicted molar refractivity (Wildman–Crippen MR) is 93.7 cm³/mol. The van der Waals surface area contributed by atoms with Crippen molar-refractivity contribution in [3.63, 3.8) is 0 Å². The lowest BCUT2D eigenvalue weighted by Crippen LogP contribution is -2.32. The molecule has 1 aromatic heterocycles. The van der Waals surface area contributed by atoms with Crippen LogP contribution in [0.5, 0.6) is 5.75 Å². The number of carbonyl (C=O) groups is 1. The molecule has 0 saturated heterocycles. The summed E-state index contributed by atoms with van der Waals surface area (Å²) >= 11 is 0. The van der Waals surface area contributed by atoms with Gasteiger partial charge in [-0.3, -0.25) is 4.79 Å². The number of nitrogens with zero attached hydrogens (tertiary/aromatic N) is 1. The van der Waals surface area contributed by atoms with E-state index >= 15 is 0 Å². The molecule has 1 fully saturated rings. The number of carbonyl (C=O) groups excluding carboxylic acids is 1. The van der Waals surface area contributed by atoms with Gasteiger partial charge >= 0.3 is 0 Å². The van der Waals surface area contributed by atoms with Gasteiger partial charge in [-0.15, -0.1) is 0 Å². The Morgan fingerprint density at radius 1 is 1.21 bits per heavy atom. The first-order chi connectivity index (χ1) is 11.6. The van der Waals surface area contributed by atoms with Gasteiger partial charge in [0, 0.05) is 29.4 Å². The first-order valence-corrected chi connectivity index (χ1v) is 8.78. The molecule has 24 heavy (non-hydrogen) atoms. The number of aromatic nitrogens is 1. The fourth-order valence-corrected chi connectivity index (χ4v) is 3.87. The van der Waals surface area contributed by atoms with Gasteiger partial charge in [0.05, 0.1) is 18.2 Å². The van der Waals surface area contributed by atoms with Crippen LogP contribution in [-0.4, -0.2) is 17.1 Å². The monoisotopic (exact) mass is 324 g/mol. The van der Waals surface area contributed by atoms with Gasteiger partial charge in [0.1, 0.15) is 5.75 Å². The zero-order valence-electron chi connectivity index (χ0n) is 14.6. The molecule has 0 unspecified atom stereocenters. The van der Waals surface area contributed by atoms with Gasteiger partial charge in [0.2, 0.25) is 0 Å². The zero-order valence-corrected chi connectivity index (χ0v) is 14.6. The number of benzene rings is 1. The summed E-state index contributed by atoms with van der Waals surface area (Å²) in [5.41, 5.74) is 5.29. The van der Waals surface area contributed by atoms with Crippen LogP contribution in [0, 0.1) is 20.8 Å². The molecular weight excluding hydrogens is 300 g/mol. The van der Waals surface area contributed by atoms with Crippen LogP contribution in [0.3, 0.4) is 0 Å². The van der Waals surface area contributed by atoms with E-state index in [0.717, 1.165) is 34.6 Å². The Hall–Kier alpha value is -2.23. The molecule has 0 bridgehead atoms. The van der Waals surface area contributed by atoms with E-state index in [1.54, 1.807) is 0 Å². The summed E-state index contributed by atoms with van der Waals surface area (Å²) in [4.78, 5) is 12.9. The average Bonchev–Trinajstić information content (AvgIpc) is 3.34. The second-order valence-electron chi connectivity index (χ2n) is 7.04. The van der Waals surface area contributed by atoms with Crippen LogP contribution < -0.4 is 10.1 Å². The van der Waals surface area contributed by atoms with E-state index < -0.39 is 0 Å². The van der Waals surface area contributed by atoms with Crippen molar-refractivity contribution < 1.29 is 9.53 Å². The molecule has 126 valence electrons. The van der Waals surface area contributed by atoms with Gasteiger partial charge in [-0.1, -0.05) is 18.2 Å². The van der Waals surface area contributed by atoms with Crippen LogP contribution in [0.1, 0.15) is 64.2 Å². The molecule has 2 aromatic rings. The lowest BCUT2D eigenvalue weighted by molar-refractivity contribution is 0.0924. The summed E-state index contributed by atoms with van der Waals surface area (Å²) in [6.07, 6.45) is 3.26. The molecule has 4 nitrogen and oxygen atoms in total. The van der Waals surface area contributed by atoms with E-state index in [1.807, 2.05) is 25.1 Å². The Morgan fingerprint density at radius 2 is 2.00 bits per heavy atom. The highest BCUT2D eigenvalue weighted by Crippen LogP contribution is 2.39. The van der Waals surface area contributed by atoms with Gasteiger partial charge < -0.3 is 14.6 Å². The number of hydrogen-bond acceptors (Lipinski definition) is 2. The van der Waals surface area contributed by atoms with Crippen molar-refractivity contribution in [1.82, 2.24) is 9.88 Å².